The summed E-state index contributed by atoms with van der Waals surface area (Å²) in [5, 5.41) is 10.7. The second-order valence-corrected chi connectivity index (χ2v) is 7.48. The van der Waals surface area contributed by atoms with Crippen molar-refractivity contribution in [3.8, 4) is 0 Å². The van der Waals surface area contributed by atoms with Gasteiger partial charge in [-0.15, -0.1) is 5.10 Å². The number of hydrogen-bond acceptors (Lipinski definition) is 6. The maximum atomic E-state index is 12.3. The smallest absolute Gasteiger partial charge is 0.288 e. The molecule has 134 valence electrons. The summed E-state index contributed by atoms with van der Waals surface area (Å²) in [6, 6.07) is 12.2. The van der Waals surface area contributed by atoms with Gasteiger partial charge in [-0.25, -0.2) is 0 Å². The average molecular weight is 392 g/mol. The van der Waals surface area contributed by atoms with Crippen molar-refractivity contribution in [2.24, 2.45) is 10.2 Å². The van der Waals surface area contributed by atoms with Crippen molar-refractivity contribution in [1.29, 1.82) is 0 Å². The predicted molar refractivity (Wildman–Crippen MR) is 101 cm³/mol. The largest absolute Gasteiger partial charge is 0.303 e. The van der Waals surface area contributed by atoms with Gasteiger partial charge in [0.25, 0.3) is 5.76 Å². The van der Waals surface area contributed by atoms with Crippen LogP contribution in [-0.4, -0.2) is 33.3 Å². The van der Waals surface area contributed by atoms with Gasteiger partial charge in [-0.05, 0) is 36.2 Å². The van der Waals surface area contributed by atoms with E-state index in [4.69, 9.17) is 0 Å². The zero-order valence-electron chi connectivity index (χ0n) is 13.4. The number of pyridine rings is 1. The molecule has 3 rings (SSSR count). The lowest BCUT2D eigenvalue weighted by Gasteiger charge is -2.06. The van der Waals surface area contributed by atoms with Crippen LogP contribution in [0.2, 0.25) is 0 Å². The Morgan fingerprint density at radius 1 is 1.27 bits per heavy atom. The monoisotopic (exact) mass is 392 g/mol. The normalized spacial score (nSPS) is 18.8. The highest BCUT2D eigenvalue weighted by Gasteiger charge is 2.30. The highest BCUT2D eigenvalue weighted by atomic mass is 32.2. The zero-order valence-corrected chi connectivity index (χ0v) is 15.0. The van der Waals surface area contributed by atoms with Crippen LogP contribution in [0.5, 0.6) is 0 Å². The fourth-order valence-corrected chi connectivity index (χ4v) is 3.66. The Morgan fingerprint density at radius 2 is 2.08 bits per heavy atom. The molecule has 1 N–H and O–H groups in total. The second-order valence-electron chi connectivity index (χ2n) is 5.23. The van der Waals surface area contributed by atoms with E-state index >= 15 is 0 Å². The summed E-state index contributed by atoms with van der Waals surface area (Å²) in [5.74, 6) is -2.59. The van der Waals surface area contributed by atoms with Gasteiger partial charge >= 0.3 is 0 Å². The van der Waals surface area contributed by atoms with Gasteiger partial charge in [-0.3, -0.25) is 9.78 Å². The lowest BCUT2D eigenvalue weighted by Crippen LogP contribution is -2.25. The third-order valence-electron chi connectivity index (χ3n) is 3.37. The standard InChI is InChI=1S/C17H14F2N4OS2/c18-16(19)25-13-6-4-11(5-7-13)9-14-15(24)22-17(26-14)23-21-10-12-3-1-2-8-20-12/h1-8,10,14,16H,9H2,(H,22,23,24)/b21-10-/t14-/m0/s1. The lowest BCUT2D eigenvalue weighted by molar-refractivity contribution is -0.118. The molecule has 1 amide bonds. The first-order chi connectivity index (χ1) is 12.6. The second kappa shape index (κ2) is 8.91. The summed E-state index contributed by atoms with van der Waals surface area (Å²) in [6.07, 6.45) is 3.65. The number of nitrogens with zero attached hydrogens (tertiary/aromatic N) is 3. The predicted octanol–water partition coefficient (Wildman–Crippen LogP) is 3.56. The van der Waals surface area contributed by atoms with E-state index in [0.29, 0.717) is 33.9 Å². The minimum Gasteiger partial charge on any atom is -0.303 e. The Kier molecular flexibility index (Phi) is 6.35. The molecule has 2 heterocycles. The van der Waals surface area contributed by atoms with Gasteiger partial charge in [0, 0.05) is 11.1 Å². The molecule has 0 saturated carbocycles. The van der Waals surface area contributed by atoms with Gasteiger partial charge < -0.3 is 5.32 Å². The van der Waals surface area contributed by atoms with Crippen molar-refractivity contribution in [2.75, 3.05) is 0 Å². The van der Waals surface area contributed by atoms with E-state index in [1.54, 1.807) is 42.6 Å². The average Bonchev–Trinajstić information content (AvgIpc) is 2.97. The van der Waals surface area contributed by atoms with Crippen LogP contribution < -0.4 is 5.32 Å². The van der Waals surface area contributed by atoms with E-state index in [-0.39, 0.29) is 11.2 Å². The summed E-state index contributed by atoms with van der Waals surface area (Å²) < 4.78 is 24.7. The molecule has 0 aliphatic carbocycles. The van der Waals surface area contributed by atoms with Crippen LogP contribution in [0.4, 0.5) is 8.78 Å². The van der Waals surface area contributed by atoms with Gasteiger partial charge in [0.1, 0.15) is 0 Å². The number of halogens is 2. The number of thioether (sulfide) groups is 2. The maximum Gasteiger partial charge on any atom is 0.288 e. The summed E-state index contributed by atoms with van der Waals surface area (Å²) in [5.41, 5.74) is 1.57. The Labute approximate surface area is 157 Å². The molecule has 0 unspecified atom stereocenters. The third-order valence-corrected chi connectivity index (χ3v) is 5.17. The molecule has 1 aliphatic heterocycles. The van der Waals surface area contributed by atoms with Crippen LogP contribution >= 0.6 is 23.5 Å². The SMILES string of the molecule is O=C1N/C(=N\N=C/c2ccccn2)S[C@H]1Cc1ccc(SC(F)F)cc1. The molecule has 2 aromatic rings. The minimum atomic E-state index is -2.44. The van der Waals surface area contributed by atoms with Crippen molar-refractivity contribution in [1.82, 2.24) is 10.3 Å². The van der Waals surface area contributed by atoms with Crippen molar-refractivity contribution >= 4 is 40.8 Å². The minimum absolute atomic E-state index is 0.146. The Balaban J connectivity index is 1.57. The number of alkyl halides is 2. The van der Waals surface area contributed by atoms with Crippen molar-refractivity contribution < 1.29 is 13.6 Å². The first-order valence-corrected chi connectivity index (χ1v) is 9.39. The molecular formula is C17H14F2N4OS2. The van der Waals surface area contributed by atoms with Crippen LogP contribution in [0.1, 0.15) is 11.3 Å². The number of rotatable bonds is 6. The van der Waals surface area contributed by atoms with Gasteiger partial charge in [0.05, 0.1) is 17.2 Å². The number of carbonyl (C=O) groups excluding carboxylic acids is 1. The molecule has 1 aliphatic rings. The van der Waals surface area contributed by atoms with Crippen LogP contribution in [0.15, 0.2) is 63.8 Å². The fraction of sp³-hybridized carbons (Fsp3) is 0.176. The zero-order chi connectivity index (χ0) is 18.4. The first kappa shape index (κ1) is 18.5. The topological polar surface area (TPSA) is 66.7 Å². The van der Waals surface area contributed by atoms with Crippen molar-refractivity contribution in [3.63, 3.8) is 0 Å². The Hall–Kier alpha value is -2.26. The molecule has 0 bridgehead atoms. The highest BCUT2D eigenvalue weighted by Crippen LogP contribution is 2.27. The van der Waals surface area contributed by atoms with Crippen LogP contribution in [-0.2, 0) is 11.2 Å². The Morgan fingerprint density at radius 3 is 2.77 bits per heavy atom. The number of benzene rings is 1. The first-order valence-electron chi connectivity index (χ1n) is 7.63. The van der Waals surface area contributed by atoms with Crippen molar-refractivity contribution in [3.05, 3.63) is 59.9 Å². The van der Waals surface area contributed by atoms with Crippen LogP contribution in [0, 0.1) is 0 Å². The lowest BCUT2D eigenvalue weighted by atomic mass is 10.1. The molecule has 1 saturated heterocycles. The highest BCUT2D eigenvalue weighted by molar-refractivity contribution is 8.15. The van der Waals surface area contributed by atoms with E-state index in [1.807, 2.05) is 6.07 Å². The van der Waals surface area contributed by atoms with Crippen molar-refractivity contribution in [2.45, 2.75) is 22.3 Å². The van der Waals surface area contributed by atoms with E-state index in [1.165, 1.54) is 18.0 Å². The van der Waals surface area contributed by atoms with Gasteiger partial charge in [0.2, 0.25) is 5.91 Å². The maximum absolute atomic E-state index is 12.3. The number of amidine groups is 1. The van der Waals surface area contributed by atoms with Gasteiger partial charge in [-0.1, -0.05) is 41.7 Å². The summed E-state index contributed by atoms with van der Waals surface area (Å²) >= 11 is 1.79. The molecule has 5 nitrogen and oxygen atoms in total. The fourth-order valence-electron chi connectivity index (χ4n) is 2.20. The van der Waals surface area contributed by atoms with Crippen LogP contribution in [0.25, 0.3) is 0 Å². The van der Waals surface area contributed by atoms with E-state index in [2.05, 4.69) is 20.5 Å². The van der Waals surface area contributed by atoms with E-state index in [0.717, 1.165) is 5.56 Å². The summed E-state index contributed by atoms with van der Waals surface area (Å²) in [7, 11) is 0. The number of amides is 1. The molecule has 26 heavy (non-hydrogen) atoms. The Bertz CT molecular complexity index is 813. The summed E-state index contributed by atoms with van der Waals surface area (Å²) in [4.78, 5) is 16.6. The molecule has 1 fully saturated rings. The number of hydrogen-bond donors (Lipinski definition) is 1. The number of nitrogens with one attached hydrogen (secondary N) is 1. The number of carbonyl (C=O) groups is 1. The molecule has 0 spiro atoms. The quantitative estimate of drug-likeness (QED) is 0.464. The molecule has 0 radical (unpaired) electrons. The van der Waals surface area contributed by atoms with Gasteiger partial charge in [0.15, 0.2) is 5.17 Å². The molecular weight excluding hydrogens is 378 g/mol. The van der Waals surface area contributed by atoms with E-state index < -0.39 is 5.76 Å². The number of aromatic nitrogens is 1. The molecule has 1 aromatic heterocycles. The van der Waals surface area contributed by atoms with Crippen LogP contribution in [0.3, 0.4) is 0 Å². The molecule has 1 atom stereocenters. The third kappa shape index (κ3) is 5.37. The van der Waals surface area contributed by atoms with E-state index in [9.17, 15) is 13.6 Å². The van der Waals surface area contributed by atoms with Gasteiger partial charge in [-0.2, -0.15) is 13.9 Å². The summed E-state index contributed by atoms with van der Waals surface area (Å²) in [6.45, 7) is 0. The molecule has 1 aromatic carbocycles. The molecule has 9 heteroatoms.